The Hall–Kier alpha value is 0.210. The van der Waals surface area contributed by atoms with Crippen molar-refractivity contribution in [3.8, 4) is 0 Å². The number of hydrogen-bond acceptors (Lipinski definition) is 2. The number of hydrogen-bond donors (Lipinski definition) is 1. The lowest BCUT2D eigenvalue weighted by molar-refractivity contribution is 0.172. The van der Waals surface area contributed by atoms with Crippen LogP contribution in [0.15, 0.2) is 0 Å². The minimum absolute atomic E-state index is 0. The maximum atomic E-state index is 6.04. The lowest BCUT2D eigenvalue weighted by atomic mass is 9.94. The first-order valence-electron chi connectivity index (χ1n) is 3.68. The molecule has 0 amide bonds. The van der Waals surface area contributed by atoms with Crippen molar-refractivity contribution in [3.05, 3.63) is 0 Å². The van der Waals surface area contributed by atoms with Crippen LogP contribution in [-0.4, -0.2) is 18.8 Å². The molecule has 2 rings (SSSR count). The first-order valence-corrected chi connectivity index (χ1v) is 3.68. The second kappa shape index (κ2) is 2.68. The van der Waals surface area contributed by atoms with E-state index in [-0.39, 0.29) is 17.9 Å². The zero-order valence-electron chi connectivity index (χ0n) is 6.01. The molecule has 2 nitrogen and oxygen atoms in total. The summed E-state index contributed by atoms with van der Waals surface area (Å²) in [6.45, 7) is 1.69. The summed E-state index contributed by atoms with van der Waals surface area (Å²) >= 11 is 0. The van der Waals surface area contributed by atoms with Crippen LogP contribution in [0, 0.1) is 5.92 Å². The smallest absolute Gasteiger partial charge is 0.0649 e. The summed E-state index contributed by atoms with van der Waals surface area (Å²) < 4.78 is 5.24. The Balaban J connectivity index is 0.000000500. The molecule has 1 saturated carbocycles. The standard InChI is InChI=1S/C7H13NO.ClH/c8-7(6-1-2-6)3-4-9-5-7;/h6H,1-5,8H2;1H. The molecule has 0 aromatic heterocycles. The molecule has 2 N–H and O–H groups in total. The van der Waals surface area contributed by atoms with Gasteiger partial charge >= 0.3 is 0 Å². The predicted molar refractivity (Wildman–Crippen MR) is 42.3 cm³/mol. The van der Waals surface area contributed by atoms with Crippen LogP contribution in [0.4, 0.5) is 0 Å². The monoisotopic (exact) mass is 163 g/mol. The third-order valence-corrected chi connectivity index (χ3v) is 2.47. The Morgan fingerprint density at radius 1 is 1.40 bits per heavy atom. The second-order valence-corrected chi connectivity index (χ2v) is 3.31. The van der Waals surface area contributed by atoms with E-state index in [9.17, 15) is 0 Å². The van der Waals surface area contributed by atoms with Gasteiger partial charge in [0.15, 0.2) is 0 Å². The van der Waals surface area contributed by atoms with Crippen molar-refractivity contribution in [2.75, 3.05) is 13.2 Å². The Morgan fingerprint density at radius 3 is 2.50 bits per heavy atom. The van der Waals surface area contributed by atoms with Crippen LogP contribution in [0.1, 0.15) is 19.3 Å². The molecule has 60 valence electrons. The van der Waals surface area contributed by atoms with E-state index in [4.69, 9.17) is 10.5 Å². The number of rotatable bonds is 1. The van der Waals surface area contributed by atoms with E-state index in [0.29, 0.717) is 0 Å². The molecule has 2 fully saturated rings. The van der Waals surface area contributed by atoms with E-state index in [1.54, 1.807) is 0 Å². The molecule has 1 aliphatic heterocycles. The zero-order chi connectivity index (χ0) is 6.32. The lowest BCUT2D eigenvalue weighted by Gasteiger charge is -2.20. The largest absolute Gasteiger partial charge is 0.379 e. The second-order valence-electron chi connectivity index (χ2n) is 3.31. The van der Waals surface area contributed by atoms with Gasteiger partial charge in [0.05, 0.1) is 6.61 Å². The highest BCUT2D eigenvalue weighted by atomic mass is 35.5. The molecule has 1 saturated heterocycles. The van der Waals surface area contributed by atoms with E-state index in [1.807, 2.05) is 0 Å². The quantitative estimate of drug-likeness (QED) is 0.625. The fourth-order valence-corrected chi connectivity index (χ4v) is 1.58. The van der Waals surface area contributed by atoms with Gasteiger partial charge in [-0.1, -0.05) is 0 Å². The van der Waals surface area contributed by atoms with Crippen LogP contribution < -0.4 is 5.73 Å². The van der Waals surface area contributed by atoms with E-state index < -0.39 is 0 Å². The van der Waals surface area contributed by atoms with Gasteiger partial charge in [0.25, 0.3) is 0 Å². The highest BCUT2D eigenvalue weighted by Gasteiger charge is 2.44. The molecule has 1 aliphatic carbocycles. The predicted octanol–water partition coefficient (Wildman–Crippen LogP) is 0.936. The van der Waals surface area contributed by atoms with Crippen LogP contribution in [0.3, 0.4) is 0 Å². The summed E-state index contributed by atoms with van der Waals surface area (Å²) in [5, 5.41) is 0. The first kappa shape index (κ1) is 8.31. The summed E-state index contributed by atoms with van der Waals surface area (Å²) in [6.07, 6.45) is 3.75. The van der Waals surface area contributed by atoms with Gasteiger partial charge in [-0.05, 0) is 25.2 Å². The van der Waals surface area contributed by atoms with Gasteiger partial charge in [-0.3, -0.25) is 0 Å². The summed E-state index contributed by atoms with van der Waals surface area (Å²) in [5.41, 5.74) is 6.12. The molecule has 0 radical (unpaired) electrons. The van der Waals surface area contributed by atoms with Gasteiger partial charge in [-0.2, -0.15) is 0 Å². The third kappa shape index (κ3) is 1.29. The maximum Gasteiger partial charge on any atom is 0.0649 e. The van der Waals surface area contributed by atoms with E-state index in [2.05, 4.69) is 0 Å². The molecule has 0 bridgehead atoms. The molecule has 1 heterocycles. The van der Waals surface area contributed by atoms with Gasteiger partial charge in [0, 0.05) is 12.1 Å². The van der Waals surface area contributed by atoms with Crippen LogP contribution in [-0.2, 0) is 4.74 Å². The first-order chi connectivity index (χ1) is 4.31. The van der Waals surface area contributed by atoms with Crippen molar-refractivity contribution in [3.63, 3.8) is 0 Å². The topological polar surface area (TPSA) is 35.2 Å². The number of nitrogens with two attached hydrogens (primary N) is 1. The Bertz CT molecular complexity index is 119. The highest BCUT2D eigenvalue weighted by molar-refractivity contribution is 5.85. The van der Waals surface area contributed by atoms with Gasteiger partial charge in [0.1, 0.15) is 0 Å². The van der Waals surface area contributed by atoms with Crippen molar-refractivity contribution >= 4 is 12.4 Å². The summed E-state index contributed by atoms with van der Waals surface area (Å²) in [4.78, 5) is 0. The maximum absolute atomic E-state index is 6.04. The summed E-state index contributed by atoms with van der Waals surface area (Å²) in [7, 11) is 0. The Morgan fingerprint density at radius 2 is 2.10 bits per heavy atom. The fourth-order valence-electron chi connectivity index (χ4n) is 1.58. The van der Waals surface area contributed by atoms with Crippen molar-refractivity contribution in [1.82, 2.24) is 0 Å². The molecule has 0 aromatic rings. The third-order valence-electron chi connectivity index (χ3n) is 2.47. The molecular formula is C7H14ClNO. The van der Waals surface area contributed by atoms with Gasteiger partial charge in [0.2, 0.25) is 0 Å². The average Bonchev–Trinajstić information content (AvgIpc) is 2.60. The van der Waals surface area contributed by atoms with Crippen molar-refractivity contribution < 1.29 is 4.74 Å². The summed E-state index contributed by atoms with van der Waals surface area (Å²) in [6, 6.07) is 0. The molecule has 1 unspecified atom stereocenters. The minimum atomic E-state index is 0. The number of halogens is 1. The van der Waals surface area contributed by atoms with E-state index in [0.717, 1.165) is 25.6 Å². The molecule has 0 spiro atoms. The average molecular weight is 164 g/mol. The molecule has 10 heavy (non-hydrogen) atoms. The van der Waals surface area contributed by atoms with Crippen molar-refractivity contribution in [1.29, 1.82) is 0 Å². The number of ether oxygens (including phenoxy) is 1. The van der Waals surface area contributed by atoms with E-state index in [1.165, 1.54) is 12.8 Å². The van der Waals surface area contributed by atoms with Crippen molar-refractivity contribution in [2.24, 2.45) is 11.7 Å². The van der Waals surface area contributed by atoms with Crippen LogP contribution >= 0.6 is 12.4 Å². The Kier molecular flexibility index (Phi) is 2.23. The minimum Gasteiger partial charge on any atom is -0.379 e. The molecular weight excluding hydrogens is 150 g/mol. The molecule has 1 atom stereocenters. The van der Waals surface area contributed by atoms with Gasteiger partial charge in [-0.15, -0.1) is 12.4 Å². The summed E-state index contributed by atoms with van der Waals surface area (Å²) in [5.74, 6) is 0.792. The zero-order valence-corrected chi connectivity index (χ0v) is 6.82. The van der Waals surface area contributed by atoms with E-state index >= 15 is 0 Å². The van der Waals surface area contributed by atoms with Crippen LogP contribution in [0.2, 0.25) is 0 Å². The van der Waals surface area contributed by atoms with Gasteiger partial charge in [-0.25, -0.2) is 0 Å². The molecule has 0 aromatic carbocycles. The van der Waals surface area contributed by atoms with Crippen molar-refractivity contribution in [2.45, 2.75) is 24.8 Å². The normalized spacial score (nSPS) is 39.3. The van der Waals surface area contributed by atoms with Crippen LogP contribution in [0.5, 0.6) is 0 Å². The Labute approximate surface area is 67.5 Å². The molecule has 3 heteroatoms. The molecule has 2 aliphatic rings. The highest BCUT2D eigenvalue weighted by Crippen LogP contribution is 2.41. The SMILES string of the molecule is Cl.NC1(C2CC2)CCOC1. The van der Waals surface area contributed by atoms with Crippen LogP contribution in [0.25, 0.3) is 0 Å². The fraction of sp³-hybridized carbons (Fsp3) is 1.00. The lowest BCUT2D eigenvalue weighted by Crippen LogP contribution is -2.42. The van der Waals surface area contributed by atoms with Gasteiger partial charge < -0.3 is 10.5 Å².